The van der Waals surface area contributed by atoms with Crippen LogP contribution in [0.5, 0.6) is 0 Å². The van der Waals surface area contributed by atoms with E-state index in [4.69, 9.17) is 11.6 Å². The molecule has 0 saturated heterocycles. The Kier molecular flexibility index (Phi) is 3.40. The molecule has 1 aliphatic rings. The van der Waals surface area contributed by atoms with Crippen molar-refractivity contribution < 1.29 is 4.79 Å². The summed E-state index contributed by atoms with van der Waals surface area (Å²) in [5.74, 6) is -0.104. The molecule has 4 heterocycles. The summed E-state index contributed by atoms with van der Waals surface area (Å²) in [6.07, 6.45) is 5.18. The molecule has 0 radical (unpaired) electrons. The standard InChI is InChI=1S/C18H16ClN5O/c1-18(2)16-13(4-5-15(19)22-16)17(25)24(18)12-8-11(9-20-10-12)14-6-7-21-23(14)3/h4-10H,1-3H3. The van der Waals surface area contributed by atoms with Gasteiger partial charge in [0.15, 0.2) is 0 Å². The Hall–Kier alpha value is -2.73. The maximum Gasteiger partial charge on any atom is 0.261 e. The Morgan fingerprint density at radius 3 is 2.68 bits per heavy atom. The molecule has 0 fully saturated rings. The zero-order valence-corrected chi connectivity index (χ0v) is 14.8. The SMILES string of the molecule is Cn1nccc1-c1cncc(N2C(=O)c3ccc(Cl)nc3C2(C)C)c1. The highest BCUT2D eigenvalue weighted by atomic mass is 35.5. The van der Waals surface area contributed by atoms with E-state index in [-0.39, 0.29) is 5.91 Å². The van der Waals surface area contributed by atoms with E-state index in [2.05, 4.69) is 15.1 Å². The lowest BCUT2D eigenvalue weighted by Crippen LogP contribution is -2.39. The molecule has 0 spiro atoms. The first-order valence-corrected chi connectivity index (χ1v) is 8.22. The van der Waals surface area contributed by atoms with E-state index in [1.807, 2.05) is 33.0 Å². The summed E-state index contributed by atoms with van der Waals surface area (Å²) in [6, 6.07) is 7.22. The van der Waals surface area contributed by atoms with E-state index in [1.165, 1.54) is 0 Å². The number of aryl methyl sites for hydroxylation is 1. The van der Waals surface area contributed by atoms with Crippen molar-refractivity contribution in [3.05, 3.63) is 59.3 Å². The van der Waals surface area contributed by atoms with Crippen LogP contribution >= 0.6 is 11.6 Å². The molecule has 3 aromatic rings. The Bertz CT molecular complexity index is 995. The summed E-state index contributed by atoms with van der Waals surface area (Å²) in [4.78, 5) is 23.4. The molecular weight excluding hydrogens is 338 g/mol. The van der Waals surface area contributed by atoms with Gasteiger partial charge in [0.2, 0.25) is 0 Å². The highest BCUT2D eigenvalue weighted by Gasteiger charge is 2.45. The minimum absolute atomic E-state index is 0.104. The third-order valence-corrected chi connectivity index (χ3v) is 4.74. The summed E-state index contributed by atoms with van der Waals surface area (Å²) >= 11 is 6.04. The summed E-state index contributed by atoms with van der Waals surface area (Å²) in [6.45, 7) is 3.91. The lowest BCUT2D eigenvalue weighted by molar-refractivity contribution is 0.0982. The van der Waals surface area contributed by atoms with Crippen LogP contribution in [-0.2, 0) is 12.6 Å². The zero-order chi connectivity index (χ0) is 17.8. The maximum absolute atomic E-state index is 13.0. The van der Waals surface area contributed by atoms with Crippen LogP contribution in [0.25, 0.3) is 11.3 Å². The van der Waals surface area contributed by atoms with Crippen LogP contribution in [0.15, 0.2) is 42.9 Å². The molecule has 0 atom stereocenters. The number of anilines is 1. The highest BCUT2D eigenvalue weighted by Crippen LogP contribution is 2.41. The van der Waals surface area contributed by atoms with E-state index < -0.39 is 5.54 Å². The molecule has 0 unspecified atom stereocenters. The number of rotatable bonds is 2. The molecular formula is C18H16ClN5O. The molecule has 1 amide bonds. The van der Waals surface area contributed by atoms with Crippen LogP contribution in [0.3, 0.4) is 0 Å². The number of hydrogen-bond acceptors (Lipinski definition) is 4. The van der Waals surface area contributed by atoms with E-state index in [1.54, 1.807) is 40.3 Å². The number of carbonyl (C=O) groups excluding carboxylic acids is 1. The fourth-order valence-electron chi connectivity index (χ4n) is 3.34. The largest absolute Gasteiger partial charge is 0.295 e. The van der Waals surface area contributed by atoms with Crippen LogP contribution in [0.4, 0.5) is 5.69 Å². The number of halogens is 1. The molecule has 7 heteroatoms. The number of pyridine rings is 2. The van der Waals surface area contributed by atoms with Crippen molar-refractivity contribution >= 4 is 23.2 Å². The molecule has 3 aromatic heterocycles. The fraction of sp³-hybridized carbons (Fsp3) is 0.222. The van der Waals surface area contributed by atoms with Crippen molar-refractivity contribution in [2.45, 2.75) is 19.4 Å². The van der Waals surface area contributed by atoms with Gasteiger partial charge >= 0.3 is 0 Å². The predicted octanol–water partition coefficient (Wildman–Crippen LogP) is 3.43. The lowest BCUT2D eigenvalue weighted by Gasteiger charge is -2.31. The van der Waals surface area contributed by atoms with Crippen LogP contribution in [-0.4, -0.2) is 25.7 Å². The highest BCUT2D eigenvalue weighted by molar-refractivity contribution is 6.29. The topological polar surface area (TPSA) is 63.9 Å². The smallest absolute Gasteiger partial charge is 0.261 e. The molecule has 6 nitrogen and oxygen atoms in total. The lowest BCUT2D eigenvalue weighted by atomic mass is 9.99. The van der Waals surface area contributed by atoms with Crippen LogP contribution in [0.1, 0.15) is 29.9 Å². The molecule has 1 aliphatic heterocycles. The van der Waals surface area contributed by atoms with Crippen molar-refractivity contribution in [2.75, 3.05) is 4.90 Å². The minimum Gasteiger partial charge on any atom is -0.295 e. The minimum atomic E-state index is -0.621. The van der Waals surface area contributed by atoms with Crippen LogP contribution in [0, 0.1) is 0 Å². The summed E-state index contributed by atoms with van der Waals surface area (Å²) in [5.41, 5.74) is 3.16. The van der Waals surface area contributed by atoms with Gasteiger partial charge in [0, 0.05) is 25.0 Å². The maximum atomic E-state index is 13.0. The van der Waals surface area contributed by atoms with Gasteiger partial charge in [-0.1, -0.05) is 11.6 Å². The van der Waals surface area contributed by atoms with Crippen LogP contribution in [0.2, 0.25) is 5.15 Å². The van der Waals surface area contributed by atoms with Crippen molar-refractivity contribution in [3.63, 3.8) is 0 Å². The van der Waals surface area contributed by atoms with Gasteiger partial charge in [-0.25, -0.2) is 4.98 Å². The first kappa shape index (κ1) is 15.8. The second-order valence-electron chi connectivity index (χ2n) is 6.50. The predicted molar refractivity (Wildman–Crippen MR) is 95.5 cm³/mol. The number of amides is 1. The van der Waals surface area contributed by atoms with Gasteiger partial charge in [0.25, 0.3) is 5.91 Å². The number of carbonyl (C=O) groups is 1. The molecule has 0 bridgehead atoms. The average molecular weight is 354 g/mol. The van der Waals surface area contributed by atoms with Gasteiger partial charge in [-0.2, -0.15) is 5.10 Å². The molecule has 0 saturated carbocycles. The van der Waals surface area contributed by atoms with Gasteiger partial charge in [-0.3, -0.25) is 19.4 Å². The number of fused-ring (bicyclic) bond motifs is 1. The summed E-state index contributed by atoms with van der Waals surface area (Å²) in [5, 5.41) is 4.57. The second kappa shape index (κ2) is 5.39. The van der Waals surface area contributed by atoms with Crippen LogP contribution < -0.4 is 4.90 Å². The summed E-state index contributed by atoms with van der Waals surface area (Å²) in [7, 11) is 1.87. The first-order chi connectivity index (χ1) is 11.9. The molecule has 0 N–H and O–H groups in total. The number of nitrogens with zero attached hydrogens (tertiary/aromatic N) is 5. The van der Waals surface area contributed by atoms with Crippen molar-refractivity contribution in [1.29, 1.82) is 0 Å². The van der Waals surface area contributed by atoms with Gasteiger partial charge < -0.3 is 0 Å². The van der Waals surface area contributed by atoms with E-state index in [0.717, 1.165) is 11.3 Å². The normalized spacial score (nSPS) is 15.5. The Labute approximate surface area is 150 Å². The number of hydrogen-bond donors (Lipinski definition) is 0. The monoisotopic (exact) mass is 353 g/mol. The molecule has 25 heavy (non-hydrogen) atoms. The van der Waals surface area contributed by atoms with Gasteiger partial charge in [-0.15, -0.1) is 0 Å². The van der Waals surface area contributed by atoms with Crippen molar-refractivity contribution in [2.24, 2.45) is 7.05 Å². The molecule has 0 aromatic carbocycles. The van der Waals surface area contributed by atoms with Crippen molar-refractivity contribution in [1.82, 2.24) is 19.7 Å². The van der Waals surface area contributed by atoms with Gasteiger partial charge in [-0.05, 0) is 38.1 Å². The molecule has 126 valence electrons. The Morgan fingerprint density at radius 1 is 1.16 bits per heavy atom. The number of aromatic nitrogens is 4. The first-order valence-electron chi connectivity index (χ1n) is 7.84. The van der Waals surface area contributed by atoms with Gasteiger partial charge in [0.1, 0.15) is 5.15 Å². The third kappa shape index (κ3) is 2.33. The zero-order valence-electron chi connectivity index (χ0n) is 14.1. The summed E-state index contributed by atoms with van der Waals surface area (Å²) < 4.78 is 1.77. The van der Waals surface area contributed by atoms with Crippen molar-refractivity contribution in [3.8, 4) is 11.3 Å². The fourth-order valence-corrected chi connectivity index (χ4v) is 3.49. The Balaban J connectivity index is 1.83. The molecule has 4 rings (SSSR count). The second-order valence-corrected chi connectivity index (χ2v) is 6.89. The van der Waals surface area contributed by atoms with Gasteiger partial charge in [0.05, 0.1) is 34.4 Å². The van der Waals surface area contributed by atoms with E-state index in [9.17, 15) is 4.79 Å². The quantitative estimate of drug-likeness (QED) is 0.662. The van der Waals surface area contributed by atoms with E-state index >= 15 is 0 Å². The average Bonchev–Trinajstić information content (AvgIpc) is 3.08. The third-order valence-electron chi connectivity index (χ3n) is 4.53. The van der Waals surface area contributed by atoms with E-state index in [0.29, 0.717) is 22.1 Å². The Morgan fingerprint density at radius 2 is 1.96 bits per heavy atom. The molecule has 0 aliphatic carbocycles.